The van der Waals surface area contributed by atoms with Crippen LogP contribution in [0.3, 0.4) is 0 Å². The van der Waals surface area contributed by atoms with Crippen molar-refractivity contribution in [1.82, 2.24) is 10.2 Å². The van der Waals surface area contributed by atoms with Crippen molar-refractivity contribution >= 4 is 0 Å². The van der Waals surface area contributed by atoms with Crippen molar-refractivity contribution in [1.29, 1.82) is 0 Å². The first-order valence-corrected chi connectivity index (χ1v) is 5.80. The van der Waals surface area contributed by atoms with Crippen molar-refractivity contribution in [3.63, 3.8) is 0 Å². The van der Waals surface area contributed by atoms with Gasteiger partial charge < -0.3 is 10.1 Å². The van der Waals surface area contributed by atoms with Gasteiger partial charge >= 0.3 is 0 Å². The Bertz CT molecular complexity index is 182. The molecule has 0 aromatic heterocycles. The van der Waals surface area contributed by atoms with Crippen LogP contribution in [0.2, 0.25) is 0 Å². The Balaban J connectivity index is 1.81. The number of morpholine rings is 1. The number of rotatable bonds is 4. The maximum absolute atomic E-state index is 5.44. The largest absolute Gasteiger partial charge is 0.379 e. The normalized spacial score (nSPS) is 31.7. The highest BCUT2D eigenvalue weighted by Crippen LogP contribution is 2.33. The minimum Gasteiger partial charge on any atom is -0.379 e. The molecule has 2 aliphatic rings. The zero-order valence-electron chi connectivity index (χ0n) is 9.33. The molecule has 2 atom stereocenters. The van der Waals surface area contributed by atoms with E-state index in [0.29, 0.717) is 12.1 Å². The lowest BCUT2D eigenvalue weighted by molar-refractivity contribution is -0.00503. The zero-order valence-corrected chi connectivity index (χ0v) is 9.33. The van der Waals surface area contributed by atoms with Gasteiger partial charge in [0.15, 0.2) is 0 Å². The minimum absolute atomic E-state index is 0.596. The Hall–Kier alpha value is -0.120. The van der Waals surface area contributed by atoms with Crippen LogP contribution < -0.4 is 5.32 Å². The summed E-state index contributed by atoms with van der Waals surface area (Å²) in [5.74, 6) is 0.940. The van der Waals surface area contributed by atoms with Gasteiger partial charge in [0.1, 0.15) is 0 Å². The summed E-state index contributed by atoms with van der Waals surface area (Å²) >= 11 is 0. The van der Waals surface area contributed by atoms with E-state index < -0.39 is 0 Å². The summed E-state index contributed by atoms with van der Waals surface area (Å²) in [5, 5.41) is 3.45. The molecule has 82 valence electrons. The van der Waals surface area contributed by atoms with E-state index in [0.717, 1.165) is 25.7 Å². The minimum atomic E-state index is 0.596. The molecule has 0 aromatic carbocycles. The van der Waals surface area contributed by atoms with Crippen LogP contribution in [0.1, 0.15) is 19.8 Å². The van der Waals surface area contributed by atoms with Gasteiger partial charge in [-0.25, -0.2) is 0 Å². The van der Waals surface area contributed by atoms with Gasteiger partial charge in [-0.1, -0.05) is 0 Å². The number of ether oxygens (including phenoxy) is 1. The Labute approximate surface area is 86.8 Å². The first-order valence-electron chi connectivity index (χ1n) is 5.80. The van der Waals surface area contributed by atoms with Gasteiger partial charge in [0.2, 0.25) is 0 Å². The molecule has 3 nitrogen and oxygen atoms in total. The van der Waals surface area contributed by atoms with E-state index >= 15 is 0 Å². The second-order valence-electron chi connectivity index (χ2n) is 4.65. The summed E-state index contributed by atoms with van der Waals surface area (Å²) in [6.07, 6.45) is 2.84. The molecule has 3 heteroatoms. The Kier molecular flexibility index (Phi) is 3.42. The van der Waals surface area contributed by atoms with E-state index in [2.05, 4.69) is 24.2 Å². The molecule has 2 rings (SSSR count). The highest BCUT2D eigenvalue weighted by atomic mass is 16.5. The molecule has 14 heavy (non-hydrogen) atoms. The number of nitrogens with one attached hydrogen (secondary N) is 1. The predicted molar refractivity (Wildman–Crippen MR) is 57.4 cm³/mol. The SMILES string of the molecule is CNC(CN1CCOCC1C)C1CC1. The van der Waals surface area contributed by atoms with Crippen LogP contribution >= 0.6 is 0 Å². The fourth-order valence-corrected chi connectivity index (χ4v) is 2.26. The van der Waals surface area contributed by atoms with E-state index in [4.69, 9.17) is 4.74 Å². The van der Waals surface area contributed by atoms with Gasteiger partial charge in [-0.05, 0) is 32.7 Å². The van der Waals surface area contributed by atoms with Gasteiger partial charge in [-0.3, -0.25) is 4.90 Å². The van der Waals surface area contributed by atoms with Crippen LogP contribution in [0.4, 0.5) is 0 Å². The smallest absolute Gasteiger partial charge is 0.0619 e. The fraction of sp³-hybridized carbons (Fsp3) is 1.00. The molecule has 0 amide bonds. The fourth-order valence-electron chi connectivity index (χ4n) is 2.26. The second kappa shape index (κ2) is 4.60. The van der Waals surface area contributed by atoms with Crippen LogP contribution in [-0.2, 0) is 4.74 Å². The molecule has 0 radical (unpaired) electrons. The molecular formula is C11H22N2O. The maximum Gasteiger partial charge on any atom is 0.0619 e. The van der Waals surface area contributed by atoms with E-state index in [1.807, 2.05) is 0 Å². The van der Waals surface area contributed by atoms with Crippen LogP contribution in [0.25, 0.3) is 0 Å². The van der Waals surface area contributed by atoms with Crippen molar-refractivity contribution in [3.05, 3.63) is 0 Å². The van der Waals surface area contributed by atoms with E-state index in [1.165, 1.54) is 19.4 Å². The number of nitrogens with zero attached hydrogens (tertiary/aromatic N) is 1. The summed E-state index contributed by atoms with van der Waals surface area (Å²) in [6.45, 7) is 6.38. The van der Waals surface area contributed by atoms with Crippen molar-refractivity contribution in [3.8, 4) is 0 Å². The molecular weight excluding hydrogens is 176 g/mol. The summed E-state index contributed by atoms with van der Waals surface area (Å²) < 4.78 is 5.44. The average Bonchev–Trinajstić information content (AvgIpc) is 3.00. The molecule has 2 unspecified atom stereocenters. The van der Waals surface area contributed by atoms with Gasteiger partial charge in [0.05, 0.1) is 13.2 Å². The van der Waals surface area contributed by atoms with Crippen molar-refractivity contribution in [2.24, 2.45) is 5.92 Å². The second-order valence-corrected chi connectivity index (χ2v) is 4.65. The predicted octanol–water partition coefficient (Wildman–Crippen LogP) is 0.705. The molecule has 0 spiro atoms. The van der Waals surface area contributed by atoms with Crippen molar-refractivity contribution < 1.29 is 4.74 Å². The Morgan fingerprint density at radius 1 is 1.50 bits per heavy atom. The standard InChI is InChI=1S/C11H22N2O/c1-9-8-14-6-5-13(9)7-11(12-2)10-3-4-10/h9-12H,3-8H2,1-2H3. The van der Waals surface area contributed by atoms with Crippen LogP contribution in [0.5, 0.6) is 0 Å². The van der Waals surface area contributed by atoms with Crippen LogP contribution in [-0.4, -0.2) is 50.3 Å². The summed E-state index contributed by atoms with van der Waals surface area (Å²) in [6, 6.07) is 1.30. The number of likely N-dealkylation sites (N-methyl/N-ethyl adjacent to an activating group) is 1. The van der Waals surface area contributed by atoms with E-state index in [9.17, 15) is 0 Å². The number of hydrogen-bond donors (Lipinski definition) is 1. The quantitative estimate of drug-likeness (QED) is 0.720. The molecule has 1 heterocycles. The molecule has 1 N–H and O–H groups in total. The third-order valence-electron chi connectivity index (χ3n) is 3.50. The highest BCUT2D eigenvalue weighted by molar-refractivity contribution is 4.89. The van der Waals surface area contributed by atoms with Crippen LogP contribution in [0.15, 0.2) is 0 Å². The topological polar surface area (TPSA) is 24.5 Å². The lowest BCUT2D eigenvalue weighted by atomic mass is 10.1. The molecule has 1 saturated heterocycles. The third-order valence-corrected chi connectivity index (χ3v) is 3.50. The van der Waals surface area contributed by atoms with Gasteiger partial charge in [-0.15, -0.1) is 0 Å². The first-order chi connectivity index (χ1) is 6.81. The molecule has 2 fully saturated rings. The Morgan fingerprint density at radius 2 is 2.29 bits per heavy atom. The summed E-state index contributed by atoms with van der Waals surface area (Å²) in [5.41, 5.74) is 0. The average molecular weight is 198 g/mol. The maximum atomic E-state index is 5.44. The molecule has 0 bridgehead atoms. The zero-order chi connectivity index (χ0) is 9.97. The lowest BCUT2D eigenvalue weighted by Crippen LogP contribution is -2.50. The molecule has 0 aromatic rings. The number of hydrogen-bond acceptors (Lipinski definition) is 3. The first kappa shape index (κ1) is 10.4. The molecule has 1 aliphatic carbocycles. The Morgan fingerprint density at radius 3 is 2.86 bits per heavy atom. The molecule has 1 aliphatic heterocycles. The van der Waals surface area contributed by atoms with Crippen molar-refractivity contribution in [2.75, 3.05) is 33.4 Å². The van der Waals surface area contributed by atoms with Gasteiger partial charge in [0.25, 0.3) is 0 Å². The van der Waals surface area contributed by atoms with Gasteiger partial charge in [0, 0.05) is 25.2 Å². The summed E-state index contributed by atoms with van der Waals surface area (Å²) in [7, 11) is 2.09. The third kappa shape index (κ3) is 2.47. The van der Waals surface area contributed by atoms with Crippen molar-refractivity contribution in [2.45, 2.75) is 31.8 Å². The molecule has 1 saturated carbocycles. The van der Waals surface area contributed by atoms with Crippen LogP contribution in [0, 0.1) is 5.92 Å². The monoisotopic (exact) mass is 198 g/mol. The van der Waals surface area contributed by atoms with E-state index in [1.54, 1.807) is 0 Å². The summed E-state index contributed by atoms with van der Waals surface area (Å²) in [4.78, 5) is 2.56. The van der Waals surface area contributed by atoms with E-state index in [-0.39, 0.29) is 0 Å². The lowest BCUT2D eigenvalue weighted by Gasteiger charge is -2.35. The highest BCUT2D eigenvalue weighted by Gasteiger charge is 2.32. The van der Waals surface area contributed by atoms with Gasteiger partial charge in [-0.2, -0.15) is 0 Å².